The molecule has 1 atom stereocenters. The minimum absolute atomic E-state index is 0. The summed E-state index contributed by atoms with van der Waals surface area (Å²) in [4.78, 5) is 4.72. The Morgan fingerprint density at radius 1 is 1.29 bits per heavy atom. The molecule has 0 amide bonds. The molecule has 3 rings (SSSR count). The third-order valence-corrected chi connectivity index (χ3v) is 4.40. The molecule has 28 heavy (non-hydrogen) atoms. The van der Waals surface area contributed by atoms with Gasteiger partial charge in [-0.05, 0) is 37.6 Å². The van der Waals surface area contributed by atoms with Gasteiger partial charge in [0.1, 0.15) is 17.6 Å². The van der Waals surface area contributed by atoms with Crippen LogP contribution in [0.4, 0.5) is 0 Å². The molecule has 1 aliphatic rings. The molecule has 0 radical (unpaired) electrons. The number of nitrogens with one attached hydrogen (secondary N) is 2. The minimum atomic E-state index is 0. The van der Waals surface area contributed by atoms with Crippen LogP contribution in [-0.4, -0.2) is 38.4 Å². The largest absolute Gasteiger partial charge is 0.488 e. The van der Waals surface area contributed by atoms with Gasteiger partial charge in [-0.1, -0.05) is 12.1 Å². The van der Waals surface area contributed by atoms with Crippen molar-refractivity contribution in [3.63, 3.8) is 0 Å². The van der Waals surface area contributed by atoms with Crippen molar-refractivity contribution in [2.24, 2.45) is 4.99 Å². The highest BCUT2D eigenvalue weighted by Crippen LogP contribution is 2.24. The molecule has 1 aliphatic heterocycles. The number of benzene rings is 1. The van der Waals surface area contributed by atoms with E-state index in [9.17, 15) is 0 Å². The molecule has 0 spiro atoms. The monoisotopic (exact) mass is 499 g/mol. The van der Waals surface area contributed by atoms with E-state index >= 15 is 0 Å². The summed E-state index contributed by atoms with van der Waals surface area (Å²) < 4.78 is 17.0. The van der Waals surface area contributed by atoms with E-state index in [0.29, 0.717) is 13.2 Å². The van der Waals surface area contributed by atoms with E-state index in [1.807, 2.05) is 12.1 Å². The van der Waals surface area contributed by atoms with Crippen LogP contribution in [0.15, 0.2) is 46.0 Å². The maximum Gasteiger partial charge on any atom is 0.191 e. The summed E-state index contributed by atoms with van der Waals surface area (Å²) in [5, 5.41) is 6.64. The first-order valence-corrected chi connectivity index (χ1v) is 9.63. The van der Waals surface area contributed by atoms with Crippen LogP contribution in [0.25, 0.3) is 0 Å². The van der Waals surface area contributed by atoms with Gasteiger partial charge in [0.25, 0.3) is 0 Å². The number of rotatable bonds is 8. The lowest BCUT2D eigenvalue weighted by atomic mass is 10.1. The Morgan fingerprint density at radius 3 is 2.89 bits per heavy atom. The van der Waals surface area contributed by atoms with Crippen molar-refractivity contribution >= 4 is 29.9 Å². The predicted molar refractivity (Wildman–Crippen MR) is 122 cm³/mol. The lowest BCUT2D eigenvalue weighted by molar-refractivity contribution is 0.140. The molecule has 2 aromatic rings. The van der Waals surface area contributed by atoms with Gasteiger partial charge in [0.15, 0.2) is 5.96 Å². The standard InChI is InChI=1S/C21H29N3O3.HI/c1-3-22-21(23-10-8-18-5-4-11-26-18)24-14-17-7-6-16(2)13-20(17)27-19-9-12-25-15-19;/h4-7,11,13,19H,3,8-10,12,14-15H2,1-2H3,(H2,22,23,24);1H. The van der Waals surface area contributed by atoms with E-state index in [1.165, 1.54) is 5.56 Å². The number of hydrogen-bond acceptors (Lipinski definition) is 4. The van der Waals surface area contributed by atoms with Crippen LogP contribution in [0.5, 0.6) is 5.75 Å². The molecule has 1 saturated heterocycles. The lowest BCUT2D eigenvalue weighted by Gasteiger charge is -2.16. The molecular weight excluding hydrogens is 469 g/mol. The van der Waals surface area contributed by atoms with Crippen molar-refractivity contribution in [1.82, 2.24) is 10.6 Å². The first-order valence-electron chi connectivity index (χ1n) is 9.63. The Morgan fingerprint density at radius 2 is 2.18 bits per heavy atom. The molecule has 0 saturated carbocycles. The summed E-state index contributed by atoms with van der Waals surface area (Å²) in [7, 11) is 0. The van der Waals surface area contributed by atoms with Gasteiger partial charge in [0.2, 0.25) is 0 Å². The fourth-order valence-electron chi connectivity index (χ4n) is 2.95. The van der Waals surface area contributed by atoms with Crippen LogP contribution in [0.3, 0.4) is 0 Å². The average molecular weight is 499 g/mol. The third-order valence-electron chi connectivity index (χ3n) is 4.40. The van der Waals surface area contributed by atoms with Crippen LogP contribution in [0.1, 0.15) is 30.2 Å². The van der Waals surface area contributed by atoms with Crippen molar-refractivity contribution < 1.29 is 13.9 Å². The molecule has 0 aliphatic carbocycles. The Bertz CT molecular complexity index is 729. The zero-order chi connectivity index (χ0) is 18.9. The molecule has 154 valence electrons. The molecule has 0 bridgehead atoms. The van der Waals surface area contributed by atoms with Crippen LogP contribution in [-0.2, 0) is 17.7 Å². The number of furan rings is 1. The highest BCUT2D eigenvalue weighted by Gasteiger charge is 2.18. The summed E-state index contributed by atoms with van der Waals surface area (Å²) in [6, 6.07) is 10.2. The molecular formula is C21H30IN3O3. The number of hydrogen-bond donors (Lipinski definition) is 2. The maximum absolute atomic E-state index is 6.16. The second kappa shape index (κ2) is 12.0. The van der Waals surface area contributed by atoms with Crippen molar-refractivity contribution in [3.05, 3.63) is 53.5 Å². The summed E-state index contributed by atoms with van der Waals surface area (Å²) in [6.45, 7) is 7.69. The molecule has 1 aromatic carbocycles. The zero-order valence-electron chi connectivity index (χ0n) is 16.6. The van der Waals surface area contributed by atoms with Crippen molar-refractivity contribution in [2.45, 2.75) is 39.3 Å². The molecule has 2 N–H and O–H groups in total. The van der Waals surface area contributed by atoms with E-state index < -0.39 is 0 Å². The van der Waals surface area contributed by atoms with Crippen LogP contribution in [0.2, 0.25) is 0 Å². The smallest absolute Gasteiger partial charge is 0.191 e. The highest BCUT2D eigenvalue weighted by atomic mass is 127. The number of halogens is 1. The SMILES string of the molecule is CCNC(=NCc1ccc(C)cc1OC1CCOC1)NCCc1ccco1.I. The van der Waals surface area contributed by atoms with E-state index in [0.717, 1.165) is 55.6 Å². The predicted octanol–water partition coefficient (Wildman–Crippen LogP) is 3.67. The van der Waals surface area contributed by atoms with E-state index in [2.05, 4.69) is 42.7 Å². The average Bonchev–Trinajstić information content (AvgIpc) is 3.35. The topological polar surface area (TPSA) is 68.0 Å². The van der Waals surface area contributed by atoms with Gasteiger partial charge in [0, 0.05) is 31.5 Å². The van der Waals surface area contributed by atoms with E-state index in [1.54, 1.807) is 6.26 Å². The van der Waals surface area contributed by atoms with Crippen molar-refractivity contribution in [1.29, 1.82) is 0 Å². The number of aliphatic imine (C=N–C) groups is 1. The van der Waals surface area contributed by atoms with Gasteiger partial charge < -0.3 is 24.5 Å². The van der Waals surface area contributed by atoms with Crippen LogP contribution < -0.4 is 15.4 Å². The summed E-state index contributed by atoms with van der Waals surface area (Å²) in [5.74, 6) is 2.66. The molecule has 1 fully saturated rings. The highest BCUT2D eigenvalue weighted by molar-refractivity contribution is 14.0. The summed E-state index contributed by atoms with van der Waals surface area (Å²) >= 11 is 0. The lowest BCUT2D eigenvalue weighted by Crippen LogP contribution is -2.38. The Kier molecular flexibility index (Phi) is 9.63. The van der Waals surface area contributed by atoms with Crippen molar-refractivity contribution in [2.75, 3.05) is 26.3 Å². The van der Waals surface area contributed by atoms with Gasteiger partial charge >= 0.3 is 0 Å². The quantitative estimate of drug-likeness (QED) is 0.330. The molecule has 1 unspecified atom stereocenters. The molecule has 7 heteroatoms. The number of guanidine groups is 1. The third kappa shape index (κ3) is 7.01. The second-order valence-corrected chi connectivity index (χ2v) is 6.67. The van der Waals surface area contributed by atoms with Gasteiger partial charge in [-0.3, -0.25) is 0 Å². The summed E-state index contributed by atoms with van der Waals surface area (Å²) in [6.07, 6.45) is 3.59. The fraction of sp³-hybridized carbons (Fsp3) is 0.476. The second-order valence-electron chi connectivity index (χ2n) is 6.67. The molecule has 1 aromatic heterocycles. The normalized spacial score (nSPS) is 16.5. The first kappa shape index (κ1) is 22.5. The number of aryl methyl sites for hydroxylation is 1. The number of nitrogens with zero attached hydrogens (tertiary/aromatic N) is 1. The Hall–Kier alpha value is -1.74. The van der Waals surface area contributed by atoms with Gasteiger partial charge in [0.05, 0.1) is 26.0 Å². The zero-order valence-corrected chi connectivity index (χ0v) is 18.9. The fourth-order valence-corrected chi connectivity index (χ4v) is 2.95. The molecule has 6 nitrogen and oxygen atoms in total. The van der Waals surface area contributed by atoms with Gasteiger partial charge in [-0.2, -0.15) is 0 Å². The molecule has 2 heterocycles. The number of ether oxygens (including phenoxy) is 2. The van der Waals surface area contributed by atoms with Crippen LogP contribution in [0, 0.1) is 6.92 Å². The maximum atomic E-state index is 6.16. The summed E-state index contributed by atoms with van der Waals surface area (Å²) in [5.41, 5.74) is 2.26. The van der Waals surface area contributed by atoms with Crippen molar-refractivity contribution in [3.8, 4) is 5.75 Å². The Labute approximate surface area is 184 Å². The Balaban J connectivity index is 0.00000280. The minimum Gasteiger partial charge on any atom is -0.488 e. The van der Waals surface area contributed by atoms with E-state index in [4.69, 9.17) is 18.9 Å². The van der Waals surface area contributed by atoms with Crippen LogP contribution >= 0.6 is 24.0 Å². The van der Waals surface area contributed by atoms with E-state index in [-0.39, 0.29) is 30.1 Å². The van der Waals surface area contributed by atoms with Gasteiger partial charge in [-0.15, -0.1) is 24.0 Å². The van der Waals surface area contributed by atoms with Gasteiger partial charge in [-0.25, -0.2) is 4.99 Å². The first-order chi connectivity index (χ1) is 13.2.